The van der Waals surface area contributed by atoms with Crippen LogP contribution in [-0.2, 0) is 4.43 Å². The quantitative estimate of drug-likeness (QED) is 0.535. The smallest absolute Gasteiger partial charge is 0.191 e. The van der Waals surface area contributed by atoms with Crippen molar-refractivity contribution in [3.05, 3.63) is 0 Å². The predicted octanol–water partition coefficient (Wildman–Crippen LogP) is 4.24. The van der Waals surface area contributed by atoms with Crippen molar-refractivity contribution in [1.82, 2.24) is 0 Å². The highest BCUT2D eigenvalue weighted by molar-refractivity contribution is 8.48. The Morgan fingerprint density at radius 2 is 1.69 bits per heavy atom. The summed E-state index contributed by atoms with van der Waals surface area (Å²) in [7, 11) is -0.158. The van der Waals surface area contributed by atoms with Gasteiger partial charge < -0.3 is 4.43 Å². The molecule has 0 aromatic carbocycles. The minimum absolute atomic E-state index is 0.171. The highest BCUT2D eigenvalue weighted by atomic mass is 32.7. The zero-order chi connectivity index (χ0) is 10.7. The van der Waals surface area contributed by atoms with E-state index in [1.807, 2.05) is 11.4 Å². The molecule has 0 spiro atoms. The normalized spacial score (nSPS) is 14.8. The third kappa shape index (κ3) is 6.73. The van der Waals surface area contributed by atoms with Gasteiger partial charge in [0.05, 0.1) is 5.48 Å². The van der Waals surface area contributed by atoms with Crippen molar-refractivity contribution in [2.45, 2.75) is 40.4 Å². The van der Waals surface area contributed by atoms with Crippen LogP contribution in [0, 0.1) is 5.41 Å². The average Bonchev–Trinajstić information content (AvgIpc) is 1.81. The van der Waals surface area contributed by atoms with Gasteiger partial charge in [0.1, 0.15) is 0 Å². The Balaban J connectivity index is 4.57. The van der Waals surface area contributed by atoms with Gasteiger partial charge in [-0.05, 0) is 33.3 Å². The van der Waals surface area contributed by atoms with Gasteiger partial charge in [-0.1, -0.05) is 20.8 Å². The first-order chi connectivity index (χ1) is 5.67. The van der Waals surface area contributed by atoms with Crippen molar-refractivity contribution >= 4 is 32.6 Å². The summed E-state index contributed by atoms with van der Waals surface area (Å²) >= 11 is 1.81. The van der Waals surface area contributed by atoms with Crippen LogP contribution in [0.3, 0.4) is 0 Å². The Kier molecular flexibility index (Phi) is 5.24. The van der Waals surface area contributed by atoms with Crippen molar-refractivity contribution in [2.75, 3.05) is 6.26 Å². The third-order valence-electron chi connectivity index (χ3n) is 1.22. The van der Waals surface area contributed by atoms with Crippen molar-refractivity contribution in [3.8, 4) is 0 Å². The molecule has 0 atom stereocenters. The predicted molar refractivity (Wildman–Crippen MR) is 69.3 cm³/mol. The fraction of sp³-hybridized carbons (Fsp3) is 0.889. The Labute approximate surface area is 89.3 Å². The second-order valence-corrected chi connectivity index (χ2v) is 12.1. The molecular weight excluding hydrogens is 215 g/mol. The fourth-order valence-corrected chi connectivity index (χ4v) is 4.63. The molecule has 0 unspecified atom stereocenters. The number of hydrogen-bond donors (Lipinski definition) is 0. The van der Waals surface area contributed by atoms with Gasteiger partial charge in [-0.3, -0.25) is 0 Å². The van der Waals surface area contributed by atoms with E-state index >= 15 is 0 Å². The van der Waals surface area contributed by atoms with Crippen molar-refractivity contribution in [3.63, 3.8) is 0 Å². The maximum Gasteiger partial charge on any atom is 0.191 e. The highest BCUT2D eigenvalue weighted by Crippen LogP contribution is 2.30. The Hall–Kier alpha value is 0.697. The zero-order valence-corrected chi connectivity index (χ0v) is 12.5. The van der Waals surface area contributed by atoms with Crippen LogP contribution < -0.4 is 0 Å². The van der Waals surface area contributed by atoms with Crippen molar-refractivity contribution in [1.29, 1.82) is 0 Å². The molecule has 0 saturated carbocycles. The van der Waals surface area contributed by atoms with Crippen LogP contribution in [0.4, 0.5) is 0 Å². The monoisotopic (exact) mass is 236 g/mol. The summed E-state index contributed by atoms with van der Waals surface area (Å²) in [6.45, 7) is 13.3. The van der Waals surface area contributed by atoms with Crippen LogP contribution in [0.15, 0.2) is 0 Å². The lowest BCUT2D eigenvalue weighted by Crippen LogP contribution is -2.34. The Morgan fingerprint density at radius 3 is 1.92 bits per heavy atom. The van der Waals surface area contributed by atoms with Crippen LogP contribution >= 0.6 is 18.8 Å². The van der Waals surface area contributed by atoms with E-state index in [2.05, 4.69) is 46.7 Å². The van der Waals surface area contributed by atoms with Crippen LogP contribution in [0.25, 0.3) is 0 Å². The van der Waals surface area contributed by atoms with E-state index in [9.17, 15) is 0 Å². The summed E-state index contributed by atoms with van der Waals surface area (Å²) in [4.78, 5) is 0. The van der Waals surface area contributed by atoms with Gasteiger partial charge >= 0.3 is 0 Å². The molecule has 0 aliphatic rings. The van der Waals surface area contributed by atoms with E-state index in [0.29, 0.717) is 0 Å². The molecular formula is C9H21OPSSi. The SMILES string of the molecule is CSP=C(O[Si](C)(C)C)C(C)(C)C. The molecule has 78 valence electrons. The van der Waals surface area contributed by atoms with Crippen molar-refractivity contribution in [2.24, 2.45) is 5.41 Å². The molecule has 1 nitrogen and oxygen atoms in total. The lowest BCUT2D eigenvalue weighted by atomic mass is 9.99. The van der Waals surface area contributed by atoms with E-state index in [0.717, 1.165) is 0 Å². The van der Waals surface area contributed by atoms with E-state index in [4.69, 9.17) is 4.43 Å². The lowest BCUT2D eigenvalue weighted by molar-refractivity contribution is 0.447. The number of hydrogen-bond acceptors (Lipinski definition) is 2. The third-order valence-corrected chi connectivity index (χ3v) is 4.36. The molecule has 0 rings (SSSR count). The van der Waals surface area contributed by atoms with Crippen LogP contribution in [0.5, 0.6) is 0 Å². The molecule has 0 heterocycles. The lowest BCUT2D eigenvalue weighted by Gasteiger charge is -2.28. The first-order valence-corrected chi connectivity index (χ1v) is 10.6. The largest absolute Gasteiger partial charge is 0.384 e. The summed E-state index contributed by atoms with van der Waals surface area (Å²) in [5, 5.41) is 0. The highest BCUT2D eigenvalue weighted by Gasteiger charge is 2.25. The minimum atomic E-state index is -1.42. The molecule has 0 bridgehead atoms. The molecule has 4 heteroatoms. The van der Waals surface area contributed by atoms with Gasteiger partial charge in [0, 0.05) is 5.41 Å². The van der Waals surface area contributed by atoms with Crippen LogP contribution in [0.2, 0.25) is 19.6 Å². The molecule has 0 aromatic heterocycles. The molecule has 0 radical (unpaired) electrons. The average molecular weight is 236 g/mol. The van der Waals surface area contributed by atoms with Gasteiger partial charge in [-0.15, -0.1) is 11.4 Å². The van der Waals surface area contributed by atoms with Gasteiger partial charge in [-0.25, -0.2) is 0 Å². The van der Waals surface area contributed by atoms with E-state index in [1.165, 1.54) is 12.9 Å². The van der Waals surface area contributed by atoms with Crippen LogP contribution in [-0.4, -0.2) is 20.1 Å². The summed E-state index contributed by atoms with van der Waals surface area (Å²) in [5.74, 6) is 0. The van der Waals surface area contributed by atoms with Gasteiger partial charge in [-0.2, -0.15) is 0 Å². The van der Waals surface area contributed by atoms with Crippen molar-refractivity contribution < 1.29 is 4.43 Å². The van der Waals surface area contributed by atoms with E-state index < -0.39 is 8.32 Å². The van der Waals surface area contributed by atoms with E-state index in [-0.39, 0.29) is 5.41 Å². The molecule has 0 aliphatic carbocycles. The molecule has 0 aromatic rings. The molecule has 13 heavy (non-hydrogen) atoms. The topological polar surface area (TPSA) is 9.23 Å². The molecule has 0 saturated heterocycles. The maximum atomic E-state index is 6.07. The summed E-state index contributed by atoms with van der Waals surface area (Å²) in [5.41, 5.74) is 1.39. The molecule has 0 aliphatic heterocycles. The van der Waals surface area contributed by atoms with Gasteiger partial charge in [0.25, 0.3) is 0 Å². The van der Waals surface area contributed by atoms with Gasteiger partial charge in [0.15, 0.2) is 8.32 Å². The van der Waals surface area contributed by atoms with Gasteiger partial charge in [0.2, 0.25) is 0 Å². The second-order valence-electron chi connectivity index (χ2n) is 5.04. The summed E-state index contributed by atoms with van der Waals surface area (Å²) in [6.07, 6.45) is 2.11. The maximum absolute atomic E-state index is 6.07. The first-order valence-electron chi connectivity index (χ1n) is 4.47. The first kappa shape index (κ1) is 13.7. The number of rotatable bonds is 3. The standard InChI is InChI=1S/C9H21OPSSi/c1-9(2,3)8(11-12-4)10-13(5,6)7/h1-7H3. The minimum Gasteiger partial charge on any atom is -0.384 e. The van der Waals surface area contributed by atoms with Crippen LogP contribution in [0.1, 0.15) is 20.8 Å². The molecule has 0 amide bonds. The Morgan fingerprint density at radius 1 is 1.23 bits per heavy atom. The zero-order valence-electron chi connectivity index (χ0n) is 9.76. The fourth-order valence-electron chi connectivity index (χ4n) is 0.682. The Bertz CT molecular complexity index is 191. The molecule has 0 N–H and O–H groups in total. The summed E-state index contributed by atoms with van der Waals surface area (Å²) < 4.78 is 6.07. The summed E-state index contributed by atoms with van der Waals surface area (Å²) in [6, 6.07) is 0. The second kappa shape index (κ2) is 4.97. The molecule has 0 fully saturated rings. The van der Waals surface area contributed by atoms with E-state index in [1.54, 1.807) is 0 Å².